The molecule has 0 aliphatic carbocycles. The summed E-state index contributed by atoms with van der Waals surface area (Å²) >= 11 is 0. The molecular formula is C25H29NO3. The summed E-state index contributed by atoms with van der Waals surface area (Å²) in [5, 5.41) is 0. The van der Waals surface area contributed by atoms with Crippen molar-refractivity contribution in [1.29, 1.82) is 0 Å². The third-order valence-corrected chi connectivity index (χ3v) is 5.53. The predicted octanol–water partition coefficient (Wildman–Crippen LogP) is 5.54. The quantitative estimate of drug-likeness (QED) is 0.641. The summed E-state index contributed by atoms with van der Waals surface area (Å²) in [5.41, 5.74) is 4.86. The lowest BCUT2D eigenvalue weighted by Crippen LogP contribution is -2.35. The average molecular weight is 392 g/mol. The Morgan fingerprint density at radius 3 is 2.48 bits per heavy atom. The molecule has 2 aliphatic rings. The van der Waals surface area contributed by atoms with Crippen LogP contribution in [0.4, 0.5) is 0 Å². The van der Waals surface area contributed by atoms with Crippen LogP contribution in [0.3, 0.4) is 0 Å². The van der Waals surface area contributed by atoms with Crippen LogP contribution in [0, 0.1) is 12.8 Å². The Hall–Kier alpha value is -2.59. The highest BCUT2D eigenvalue weighted by Gasteiger charge is 2.33. The summed E-state index contributed by atoms with van der Waals surface area (Å²) < 4.78 is 12.0. The average Bonchev–Trinajstić information content (AvgIpc) is 2.98. The molecule has 4 heteroatoms. The van der Waals surface area contributed by atoms with Gasteiger partial charge in [0.1, 0.15) is 18.2 Å². The van der Waals surface area contributed by atoms with Crippen LogP contribution in [0.25, 0.3) is 6.08 Å². The third kappa shape index (κ3) is 3.82. The van der Waals surface area contributed by atoms with Gasteiger partial charge in [0, 0.05) is 24.2 Å². The van der Waals surface area contributed by atoms with E-state index in [1.54, 1.807) is 0 Å². The standard InChI is InChI=1S/C25H29NO3/c1-15(2)12-26-13-20-11-21-23(27)22(29-25(21)17(5)24(20)28-14-26)10-18-6-8-19(9-7-18)16(3)4/h6-11,15-16H,12-14H2,1-5H3/b22-10-. The third-order valence-electron chi connectivity index (χ3n) is 5.53. The fourth-order valence-electron chi connectivity index (χ4n) is 4.06. The first-order chi connectivity index (χ1) is 13.8. The minimum Gasteiger partial charge on any atom is -0.477 e. The van der Waals surface area contributed by atoms with Gasteiger partial charge in [0.15, 0.2) is 5.76 Å². The normalized spacial score (nSPS) is 17.5. The molecule has 4 nitrogen and oxygen atoms in total. The molecule has 0 aromatic heterocycles. The minimum absolute atomic E-state index is 0.0557. The molecule has 29 heavy (non-hydrogen) atoms. The fraction of sp³-hybridized carbons (Fsp3) is 0.400. The maximum atomic E-state index is 13.0. The number of Topliss-reactive ketones (excluding diaryl/α,β-unsaturated/α-hetero) is 1. The molecule has 0 saturated carbocycles. The van der Waals surface area contributed by atoms with Crippen molar-refractivity contribution in [2.75, 3.05) is 13.3 Å². The number of carbonyl (C=O) groups excluding carboxylic acids is 1. The second-order valence-corrected chi connectivity index (χ2v) is 8.81. The Balaban J connectivity index is 1.62. The Kier molecular flexibility index (Phi) is 5.22. The van der Waals surface area contributed by atoms with Crippen molar-refractivity contribution in [3.8, 4) is 11.5 Å². The summed E-state index contributed by atoms with van der Waals surface area (Å²) in [5.74, 6) is 2.86. The SMILES string of the molecule is Cc1c2c(cc3c1O/C(=C\c1ccc(C(C)C)cc1)C3=O)CN(CC(C)C)CO2. The van der Waals surface area contributed by atoms with Crippen LogP contribution in [-0.4, -0.2) is 24.0 Å². The molecule has 2 heterocycles. The largest absolute Gasteiger partial charge is 0.477 e. The van der Waals surface area contributed by atoms with E-state index in [0.717, 1.165) is 35.5 Å². The highest BCUT2D eigenvalue weighted by atomic mass is 16.5. The monoisotopic (exact) mass is 391 g/mol. The maximum Gasteiger partial charge on any atom is 0.231 e. The number of benzene rings is 2. The second kappa shape index (κ2) is 7.68. The molecule has 0 spiro atoms. The van der Waals surface area contributed by atoms with E-state index < -0.39 is 0 Å². The maximum absolute atomic E-state index is 13.0. The van der Waals surface area contributed by atoms with Crippen molar-refractivity contribution in [3.63, 3.8) is 0 Å². The van der Waals surface area contributed by atoms with Gasteiger partial charge in [0.05, 0.1) is 5.56 Å². The van der Waals surface area contributed by atoms with E-state index >= 15 is 0 Å². The first-order valence-electron chi connectivity index (χ1n) is 10.4. The van der Waals surface area contributed by atoms with E-state index in [4.69, 9.17) is 9.47 Å². The van der Waals surface area contributed by atoms with Crippen LogP contribution in [0.1, 0.15) is 66.2 Å². The fourth-order valence-corrected chi connectivity index (χ4v) is 4.06. The number of carbonyl (C=O) groups is 1. The van der Waals surface area contributed by atoms with E-state index in [0.29, 0.717) is 35.6 Å². The molecule has 2 aromatic rings. The minimum atomic E-state index is -0.0557. The van der Waals surface area contributed by atoms with Gasteiger partial charge in [-0.15, -0.1) is 0 Å². The molecule has 0 bridgehead atoms. The van der Waals surface area contributed by atoms with Crippen molar-refractivity contribution in [2.24, 2.45) is 5.92 Å². The summed E-state index contributed by atoms with van der Waals surface area (Å²) in [6, 6.07) is 10.2. The predicted molar refractivity (Wildman–Crippen MR) is 115 cm³/mol. The Morgan fingerprint density at radius 2 is 1.83 bits per heavy atom. The first kappa shape index (κ1) is 19.7. The van der Waals surface area contributed by atoms with E-state index in [9.17, 15) is 4.79 Å². The molecule has 0 unspecified atom stereocenters. The van der Waals surface area contributed by atoms with E-state index in [1.807, 2.05) is 31.2 Å². The molecule has 0 radical (unpaired) electrons. The zero-order valence-electron chi connectivity index (χ0n) is 17.9. The lowest BCUT2D eigenvalue weighted by Gasteiger charge is -2.31. The van der Waals surface area contributed by atoms with Crippen molar-refractivity contribution in [2.45, 2.75) is 47.1 Å². The number of hydrogen-bond acceptors (Lipinski definition) is 4. The van der Waals surface area contributed by atoms with E-state index in [1.165, 1.54) is 5.56 Å². The summed E-state index contributed by atoms with van der Waals surface area (Å²) in [6.07, 6.45) is 1.83. The van der Waals surface area contributed by atoms with Gasteiger partial charge in [0.2, 0.25) is 5.78 Å². The van der Waals surface area contributed by atoms with Crippen LogP contribution in [0.2, 0.25) is 0 Å². The molecule has 4 rings (SSSR count). The van der Waals surface area contributed by atoms with Gasteiger partial charge in [-0.05, 0) is 42.0 Å². The number of ether oxygens (including phenoxy) is 2. The van der Waals surface area contributed by atoms with E-state index in [2.05, 4.69) is 44.7 Å². The zero-order chi connectivity index (χ0) is 20.7. The molecule has 0 saturated heterocycles. The molecule has 0 N–H and O–H groups in total. The Morgan fingerprint density at radius 1 is 1.10 bits per heavy atom. The lowest BCUT2D eigenvalue weighted by molar-refractivity contribution is 0.0835. The highest BCUT2D eigenvalue weighted by molar-refractivity contribution is 6.15. The molecule has 2 aliphatic heterocycles. The van der Waals surface area contributed by atoms with Crippen molar-refractivity contribution >= 4 is 11.9 Å². The highest BCUT2D eigenvalue weighted by Crippen LogP contribution is 2.43. The van der Waals surface area contributed by atoms with Gasteiger partial charge in [-0.2, -0.15) is 0 Å². The van der Waals surface area contributed by atoms with E-state index in [-0.39, 0.29) is 5.78 Å². The zero-order valence-corrected chi connectivity index (χ0v) is 17.9. The Bertz CT molecular complexity index is 971. The van der Waals surface area contributed by atoms with Crippen LogP contribution in [0.5, 0.6) is 11.5 Å². The summed E-state index contributed by atoms with van der Waals surface area (Å²) in [7, 11) is 0. The number of nitrogens with zero attached hydrogens (tertiary/aromatic N) is 1. The molecule has 152 valence electrons. The van der Waals surface area contributed by atoms with Gasteiger partial charge in [0.25, 0.3) is 0 Å². The van der Waals surface area contributed by atoms with Crippen LogP contribution in [-0.2, 0) is 6.54 Å². The number of allylic oxidation sites excluding steroid dienone is 1. The molecule has 2 aromatic carbocycles. The van der Waals surface area contributed by atoms with Crippen molar-refractivity contribution < 1.29 is 14.3 Å². The van der Waals surface area contributed by atoms with Crippen LogP contribution in [0.15, 0.2) is 36.1 Å². The van der Waals surface area contributed by atoms with Gasteiger partial charge in [-0.1, -0.05) is 52.0 Å². The first-order valence-corrected chi connectivity index (χ1v) is 10.4. The lowest BCUT2D eigenvalue weighted by atomic mass is 9.99. The van der Waals surface area contributed by atoms with Crippen molar-refractivity contribution in [1.82, 2.24) is 4.90 Å². The van der Waals surface area contributed by atoms with Gasteiger partial charge < -0.3 is 9.47 Å². The summed E-state index contributed by atoms with van der Waals surface area (Å²) in [4.78, 5) is 15.3. The molecule has 0 amide bonds. The number of rotatable bonds is 4. The summed E-state index contributed by atoms with van der Waals surface area (Å²) in [6.45, 7) is 13.1. The number of fused-ring (bicyclic) bond motifs is 2. The van der Waals surface area contributed by atoms with Gasteiger partial charge >= 0.3 is 0 Å². The number of hydrogen-bond donors (Lipinski definition) is 0. The van der Waals surface area contributed by atoms with Gasteiger partial charge in [-0.25, -0.2) is 0 Å². The smallest absolute Gasteiger partial charge is 0.231 e. The van der Waals surface area contributed by atoms with Crippen molar-refractivity contribution in [3.05, 3.63) is 63.9 Å². The topological polar surface area (TPSA) is 38.8 Å². The van der Waals surface area contributed by atoms with Crippen LogP contribution < -0.4 is 9.47 Å². The second-order valence-electron chi connectivity index (χ2n) is 8.81. The molecule has 0 fully saturated rings. The van der Waals surface area contributed by atoms with Gasteiger partial charge in [-0.3, -0.25) is 9.69 Å². The number of ketones is 1. The molecule has 0 atom stereocenters. The van der Waals surface area contributed by atoms with Crippen LogP contribution >= 0.6 is 0 Å². The Labute approximate surface area is 173 Å². The molecular weight excluding hydrogens is 362 g/mol.